The third kappa shape index (κ3) is 2.49. The molecule has 17 heavy (non-hydrogen) atoms. The van der Waals surface area contributed by atoms with Gasteiger partial charge in [-0.2, -0.15) is 0 Å². The lowest BCUT2D eigenvalue weighted by atomic mass is 9.86. The first-order valence-electron chi connectivity index (χ1n) is 6.18. The van der Waals surface area contributed by atoms with Crippen LogP contribution in [0.1, 0.15) is 29.5 Å². The highest BCUT2D eigenvalue weighted by atomic mass is 19.3. The lowest BCUT2D eigenvalue weighted by Gasteiger charge is -2.31. The lowest BCUT2D eigenvalue weighted by molar-refractivity contribution is -0.0730. The van der Waals surface area contributed by atoms with Gasteiger partial charge < -0.3 is 5.32 Å². The van der Waals surface area contributed by atoms with Crippen LogP contribution in [0, 0.1) is 19.8 Å². The Balaban J connectivity index is 2.32. The van der Waals surface area contributed by atoms with Crippen molar-refractivity contribution in [2.75, 3.05) is 13.1 Å². The first-order chi connectivity index (χ1) is 8.01. The van der Waals surface area contributed by atoms with Crippen LogP contribution in [-0.4, -0.2) is 13.1 Å². The molecule has 1 saturated heterocycles. The molecule has 1 aliphatic rings. The molecule has 1 aromatic carbocycles. The normalized spacial score (nSPS) is 21.5. The topological polar surface area (TPSA) is 12.0 Å². The van der Waals surface area contributed by atoms with Crippen molar-refractivity contribution in [3.8, 4) is 0 Å². The standard InChI is InChI=1S/C14H19F2N/c1-10-5-6-11(2)13(8-10)14(15,16)12-4-3-7-17-9-12/h5-6,8,12,17H,3-4,7,9H2,1-2H3. The molecule has 3 heteroatoms. The van der Waals surface area contributed by atoms with E-state index < -0.39 is 11.8 Å². The largest absolute Gasteiger partial charge is 0.316 e. The smallest absolute Gasteiger partial charge is 0.277 e. The van der Waals surface area contributed by atoms with E-state index >= 15 is 0 Å². The van der Waals surface area contributed by atoms with E-state index in [1.165, 1.54) is 0 Å². The van der Waals surface area contributed by atoms with E-state index in [4.69, 9.17) is 0 Å². The number of piperidine rings is 1. The average molecular weight is 239 g/mol. The summed E-state index contributed by atoms with van der Waals surface area (Å²) in [5.74, 6) is -3.29. The van der Waals surface area contributed by atoms with Gasteiger partial charge in [0.2, 0.25) is 0 Å². The third-order valence-corrected chi connectivity index (χ3v) is 3.56. The molecule has 1 fully saturated rings. The van der Waals surface area contributed by atoms with Crippen molar-refractivity contribution in [3.05, 3.63) is 34.9 Å². The Morgan fingerprint density at radius 3 is 2.71 bits per heavy atom. The molecule has 1 heterocycles. The summed E-state index contributed by atoms with van der Waals surface area (Å²) in [6.07, 6.45) is 1.44. The summed E-state index contributed by atoms with van der Waals surface area (Å²) in [6, 6.07) is 5.30. The fraction of sp³-hybridized carbons (Fsp3) is 0.571. The number of aryl methyl sites for hydroxylation is 2. The van der Waals surface area contributed by atoms with E-state index in [2.05, 4.69) is 5.32 Å². The Kier molecular flexibility index (Phi) is 3.48. The van der Waals surface area contributed by atoms with Crippen molar-refractivity contribution in [3.63, 3.8) is 0 Å². The van der Waals surface area contributed by atoms with Crippen LogP contribution in [0.3, 0.4) is 0 Å². The molecule has 1 nitrogen and oxygen atoms in total. The van der Waals surface area contributed by atoms with Gasteiger partial charge in [-0.1, -0.05) is 17.7 Å². The Morgan fingerprint density at radius 1 is 1.29 bits per heavy atom. The summed E-state index contributed by atoms with van der Waals surface area (Å²) >= 11 is 0. The van der Waals surface area contributed by atoms with Crippen LogP contribution in [0.15, 0.2) is 18.2 Å². The van der Waals surface area contributed by atoms with Crippen molar-refractivity contribution in [2.45, 2.75) is 32.6 Å². The van der Waals surface area contributed by atoms with Gasteiger partial charge in [-0.05, 0) is 44.9 Å². The van der Waals surface area contributed by atoms with Crippen molar-refractivity contribution in [1.82, 2.24) is 5.32 Å². The van der Waals surface area contributed by atoms with Gasteiger partial charge in [0.1, 0.15) is 0 Å². The average Bonchev–Trinajstić information content (AvgIpc) is 2.33. The first kappa shape index (κ1) is 12.5. The summed E-state index contributed by atoms with van der Waals surface area (Å²) in [5, 5.41) is 3.06. The minimum atomic E-state index is -2.72. The van der Waals surface area contributed by atoms with E-state index in [1.54, 1.807) is 19.1 Å². The summed E-state index contributed by atoms with van der Waals surface area (Å²) in [6.45, 7) is 4.90. The van der Waals surface area contributed by atoms with E-state index in [-0.39, 0.29) is 5.56 Å². The summed E-state index contributed by atoms with van der Waals surface area (Å²) in [5.41, 5.74) is 1.78. The second-order valence-corrected chi connectivity index (χ2v) is 4.98. The molecule has 0 amide bonds. The van der Waals surface area contributed by atoms with Gasteiger partial charge in [0.15, 0.2) is 0 Å². The maximum absolute atomic E-state index is 14.4. The lowest BCUT2D eigenvalue weighted by Crippen LogP contribution is -2.39. The SMILES string of the molecule is Cc1ccc(C)c(C(F)(F)C2CCCNC2)c1. The quantitative estimate of drug-likeness (QED) is 0.834. The van der Waals surface area contributed by atoms with E-state index in [0.29, 0.717) is 18.5 Å². The molecule has 0 aromatic heterocycles. The number of alkyl halides is 2. The number of nitrogens with one attached hydrogen (secondary N) is 1. The second kappa shape index (κ2) is 4.73. The van der Waals surface area contributed by atoms with Crippen molar-refractivity contribution in [1.29, 1.82) is 0 Å². The van der Waals surface area contributed by atoms with Gasteiger partial charge in [-0.15, -0.1) is 0 Å². The van der Waals surface area contributed by atoms with Crippen LogP contribution < -0.4 is 5.32 Å². The van der Waals surface area contributed by atoms with Crippen LogP contribution in [-0.2, 0) is 5.92 Å². The third-order valence-electron chi connectivity index (χ3n) is 3.56. The molecule has 2 rings (SSSR count). The van der Waals surface area contributed by atoms with Gasteiger partial charge in [0.25, 0.3) is 5.92 Å². The number of rotatable bonds is 2. The van der Waals surface area contributed by atoms with Crippen LogP contribution in [0.25, 0.3) is 0 Å². The fourth-order valence-electron chi connectivity index (χ4n) is 2.48. The molecule has 0 saturated carbocycles. The molecule has 0 aliphatic carbocycles. The maximum atomic E-state index is 14.4. The van der Waals surface area contributed by atoms with Crippen molar-refractivity contribution in [2.24, 2.45) is 5.92 Å². The van der Waals surface area contributed by atoms with E-state index in [9.17, 15) is 8.78 Å². The number of benzene rings is 1. The van der Waals surface area contributed by atoms with Gasteiger partial charge in [0, 0.05) is 18.0 Å². The molecule has 94 valence electrons. The zero-order valence-corrected chi connectivity index (χ0v) is 10.4. The molecule has 0 spiro atoms. The first-order valence-corrected chi connectivity index (χ1v) is 6.18. The fourth-order valence-corrected chi connectivity index (χ4v) is 2.48. The molecule has 1 aromatic rings. The zero-order chi connectivity index (χ0) is 12.5. The molecule has 0 radical (unpaired) electrons. The Hall–Kier alpha value is -0.960. The molecule has 1 N–H and O–H groups in total. The van der Waals surface area contributed by atoms with Crippen molar-refractivity contribution < 1.29 is 8.78 Å². The van der Waals surface area contributed by atoms with E-state index in [1.807, 2.05) is 13.0 Å². The van der Waals surface area contributed by atoms with Gasteiger partial charge in [0.05, 0.1) is 0 Å². The highest BCUT2D eigenvalue weighted by Gasteiger charge is 2.42. The Bertz CT molecular complexity index is 395. The van der Waals surface area contributed by atoms with Crippen LogP contribution in [0.4, 0.5) is 8.78 Å². The molecule has 1 aliphatic heterocycles. The predicted molar refractivity (Wildman–Crippen MR) is 65.4 cm³/mol. The predicted octanol–water partition coefficient (Wildman–Crippen LogP) is 3.39. The van der Waals surface area contributed by atoms with E-state index in [0.717, 1.165) is 18.5 Å². The molecular weight excluding hydrogens is 220 g/mol. The number of hydrogen-bond acceptors (Lipinski definition) is 1. The van der Waals surface area contributed by atoms with Gasteiger partial charge >= 0.3 is 0 Å². The summed E-state index contributed by atoms with van der Waals surface area (Å²) < 4.78 is 28.9. The Labute approximate surface area is 101 Å². The highest BCUT2D eigenvalue weighted by molar-refractivity contribution is 5.34. The molecule has 1 atom stereocenters. The summed E-state index contributed by atoms with van der Waals surface area (Å²) in [7, 11) is 0. The minimum absolute atomic E-state index is 0.200. The number of hydrogen-bond donors (Lipinski definition) is 1. The maximum Gasteiger partial charge on any atom is 0.277 e. The monoisotopic (exact) mass is 239 g/mol. The van der Waals surface area contributed by atoms with Gasteiger partial charge in [-0.3, -0.25) is 0 Å². The van der Waals surface area contributed by atoms with Crippen LogP contribution >= 0.6 is 0 Å². The minimum Gasteiger partial charge on any atom is -0.316 e. The number of halogens is 2. The summed E-state index contributed by atoms with van der Waals surface area (Å²) in [4.78, 5) is 0. The molecule has 0 bridgehead atoms. The highest BCUT2D eigenvalue weighted by Crippen LogP contribution is 2.40. The Morgan fingerprint density at radius 2 is 2.06 bits per heavy atom. The van der Waals surface area contributed by atoms with Crippen LogP contribution in [0.2, 0.25) is 0 Å². The van der Waals surface area contributed by atoms with Gasteiger partial charge in [-0.25, -0.2) is 8.78 Å². The molecule has 1 unspecified atom stereocenters. The zero-order valence-electron chi connectivity index (χ0n) is 10.4. The second-order valence-electron chi connectivity index (χ2n) is 4.98. The van der Waals surface area contributed by atoms with Crippen molar-refractivity contribution >= 4 is 0 Å². The molecular formula is C14H19F2N. The van der Waals surface area contributed by atoms with Crippen LogP contribution in [0.5, 0.6) is 0 Å².